The molecule has 206 valence electrons. The number of aromatic amines is 1. The predicted octanol–water partition coefficient (Wildman–Crippen LogP) is 7.60. The van der Waals surface area contributed by atoms with Crippen molar-refractivity contribution in [1.82, 2.24) is 4.98 Å². The largest absolute Gasteiger partial charge is 0.372 e. The number of aryl methyl sites for hydroxylation is 2. The minimum Gasteiger partial charge on any atom is -0.372 e. The van der Waals surface area contributed by atoms with E-state index in [0.29, 0.717) is 28.8 Å². The van der Waals surface area contributed by atoms with Gasteiger partial charge in [0.05, 0.1) is 5.69 Å². The molecule has 1 aromatic heterocycles. The van der Waals surface area contributed by atoms with Gasteiger partial charge in [0.2, 0.25) is 0 Å². The van der Waals surface area contributed by atoms with E-state index in [1.807, 2.05) is 68.6 Å². The lowest BCUT2D eigenvalue weighted by Crippen LogP contribution is -2.32. The molecule has 0 bridgehead atoms. The SMILES string of the molecule is Cc1c[nH]c(C)c1C(=O)Cc1ccc(Nc2ccc(CC(=O)c3ccc(N4CCC(C)CC4)cc3)cc2)c(F)c1. The molecule has 0 atom stereocenters. The molecule has 0 aliphatic carbocycles. The first-order valence-corrected chi connectivity index (χ1v) is 14.0. The Morgan fingerprint density at radius 2 is 1.55 bits per heavy atom. The zero-order chi connectivity index (χ0) is 28.2. The fourth-order valence-electron chi connectivity index (χ4n) is 5.40. The van der Waals surface area contributed by atoms with Crippen molar-refractivity contribution in [3.05, 3.63) is 112 Å². The number of Topliss-reactive ketones (excluding diaryl/α,β-unsaturated/α-hetero) is 2. The lowest BCUT2D eigenvalue weighted by molar-refractivity contribution is 0.0984. The molecule has 40 heavy (non-hydrogen) atoms. The van der Waals surface area contributed by atoms with E-state index in [4.69, 9.17) is 0 Å². The van der Waals surface area contributed by atoms with Gasteiger partial charge in [-0.1, -0.05) is 25.1 Å². The van der Waals surface area contributed by atoms with E-state index < -0.39 is 5.82 Å². The van der Waals surface area contributed by atoms with E-state index in [1.165, 1.54) is 24.6 Å². The summed E-state index contributed by atoms with van der Waals surface area (Å²) in [6.07, 6.45) is 4.67. The summed E-state index contributed by atoms with van der Waals surface area (Å²) in [5, 5.41) is 3.10. The quantitative estimate of drug-likeness (QED) is 0.216. The van der Waals surface area contributed by atoms with E-state index >= 15 is 0 Å². The number of rotatable bonds is 9. The first kappa shape index (κ1) is 27.4. The Morgan fingerprint density at radius 1 is 0.900 bits per heavy atom. The molecule has 0 unspecified atom stereocenters. The second kappa shape index (κ2) is 11.9. The van der Waals surface area contributed by atoms with Gasteiger partial charge in [-0.2, -0.15) is 0 Å². The van der Waals surface area contributed by atoms with Crippen molar-refractivity contribution < 1.29 is 14.0 Å². The van der Waals surface area contributed by atoms with E-state index in [-0.39, 0.29) is 18.0 Å². The number of benzene rings is 3. The topological polar surface area (TPSA) is 65.2 Å². The first-order chi connectivity index (χ1) is 19.3. The molecule has 0 amide bonds. The molecule has 5 rings (SSSR count). The maximum absolute atomic E-state index is 14.9. The van der Waals surface area contributed by atoms with Crippen LogP contribution in [0.1, 0.15) is 62.9 Å². The Labute approximate surface area is 235 Å². The Kier molecular flexibility index (Phi) is 8.15. The number of carbonyl (C=O) groups excluding carboxylic acids is 2. The highest BCUT2D eigenvalue weighted by Crippen LogP contribution is 2.25. The fourth-order valence-corrected chi connectivity index (χ4v) is 5.40. The maximum atomic E-state index is 14.9. The Morgan fingerprint density at radius 3 is 2.17 bits per heavy atom. The number of hydrogen-bond donors (Lipinski definition) is 2. The minimum atomic E-state index is -0.422. The lowest BCUT2D eigenvalue weighted by Gasteiger charge is -2.32. The van der Waals surface area contributed by atoms with Crippen molar-refractivity contribution in [1.29, 1.82) is 0 Å². The molecule has 2 N–H and O–H groups in total. The van der Waals surface area contributed by atoms with Crippen molar-refractivity contribution >= 4 is 28.6 Å². The summed E-state index contributed by atoms with van der Waals surface area (Å²) in [6, 6.07) is 20.2. The molecule has 3 aromatic carbocycles. The van der Waals surface area contributed by atoms with Crippen LogP contribution in [0.4, 0.5) is 21.5 Å². The molecule has 1 aliphatic rings. The van der Waals surface area contributed by atoms with Crippen LogP contribution in [0.3, 0.4) is 0 Å². The van der Waals surface area contributed by atoms with Crippen LogP contribution < -0.4 is 10.2 Å². The Bertz CT molecular complexity index is 1480. The van der Waals surface area contributed by atoms with Crippen molar-refractivity contribution in [3.63, 3.8) is 0 Å². The van der Waals surface area contributed by atoms with Gasteiger partial charge in [-0.3, -0.25) is 9.59 Å². The highest BCUT2D eigenvalue weighted by molar-refractivity contribution is 6.00. The van der Waals surface area contributed by atoms with Crippen molar-refractivity contribution in [2.24, 2.45) is 5.92 Å². The Balaban J connectivity index is 1.16. The molecule has 1 fully saturated rings. The maximum Gasteiger partial charge on any atom is 0.169 e. The predicted molar refractivity (Wildman–Crippen MR) is 160 cm³/mol. The summed E-state index contributed by atoms with van der Waals surface area (Å²) in [5.74, 6) is 0.397. The van der Waals surface area contributed by atoms with Gasteiger partial charge in [0, 0.05) is 60.3 Å². The van der Waals surface area contributed by atoms with Crippen LogP contribution in [-0.2, 0) is 12.8 Å². The molecule has 5 nitrogen and oxygen atoms in total. The van der Waals surface area contributed by atoms with Crippen LogP contribution in [0.5, 0.6) is 0 Å². The van der Waals surface area contributed by atoms with E-state index in [2.05, 4.69) is 22.1 Å². The van der Waals surface area contributed by atoms with Gasteiger partial charge in [-0.15, -0.1) is 0 Å². The normalized spacial score (nSPS) is 13.8. The van der Waals surface area contributed by atoms with Crippen molar-refractivity contribution in [2.75, 3.05) is 23.3 Å². The van der Waals surface area contributed by atoms with Gasteiger partial charge in [0.1, 0.15) is 5.82 Å². The number of carbonyl (C=O) groups is 2. The summed E-state index contributed by atoms with van der Waals surface area (Å²) < 4.78 is 14.9. The molecule has 0 saturated carbocycles. The number of ketones is 2. The molecule has 6 heteroatoms. The van der Waals surface area contributed by atoms with Crippen molar-refractivity contribution in [3.8, 4) is 0 Å². The second-order valence-electron chi connectivity index (χ2n) is 11.0. The number of halogens is 1. The van der Waals surface area contributed by atoms with Crippen LogP contribution in [-0.4, -0.2) is 29.6 Å². The highest BCUT2D eigenvalue weighted by atomic mass is 19.1. The van der Waals surface area contributed by atoms with Gasteiger partial charge >= 0.3 is 0 Å². The van der Waals surface area contributed by atoms with E-state index in [0.717, 1.165) is 41.5 Å². The summed E-state index contributed by atoms with van der Waals surface area (Å²) in [6.45, 7) is 8.18. The van der Waals surface area contributed by atoms with Crippen LogP contribution >= 0.6 is 0 Å². The molecule has 4 aromatic rings. The van der Waals surface area contributed by atoms with Crippen LogP contribution in [0.2, 0.25) is 0 Å². The van der Waals surface area contributed by atoms with E-state index in [9.17, 15) is 14.0 Å². The summed E-state index contributed by atoms with van der Waals surface area (Å²) in [5.41, 5.74) is 6.85. The van der Waals surface area contributed by atoms with Gasteiger partial charge in [0.25, 0.3) is 0 Å². The lowest BCUT2D eigenvalue weighted by atomic mass is 9.98. The molecule has 2 heterocycles. The average molecular weight is 538 g/mol. The van der Waals surface area contributed by atoms with Gasteiger partial charge in [0.15, 0.2) is 11.6 Å². The molecular weight excluding hydrogens is 501 g/mol. The van der Waals surface area contributed by atoms with Crippen LogP contribution in [0.25, 0.3) is 0 Å². The number of hydrogen-bond acceptors (Lipinski definition) is 4. The summed E-state index contributed by atoms with van der Waals surface area (Å²) in [7, 11) is 0. The smallest absolute Gasteiger partial charge is 0.169 e. The number of aromatic nitrogens is 1. The van der Waals surface area contributed by atoms with Gasteiger partial charge in [-0.05, 0) is 97.8 Å². The molecule has 0 spiro atoms. The summed E-state index contributed by atoms with van der Waals surface area (Å²) in [4.78, 5) is 31.0. The minimum absolute atomic E-state index is 0.0332. The van der Waals surface area contributed by atoms with Crippen molar-refractivity contribution in [2.45, 2.75) is 46.5 Å². The van der Waals surface area contributed by atoms with Gasteiger partial charge in [-0.25, -0.2) is 4.39 Å². The van der Waals surface area contributed by atoms with E-state index in [1.54, 1.807) is 12.1 Å². The zero-order valence-electron chi connectivity index (χ0n) is 23.4. The third-order valence-corrected chi connectivity index (χ3v) is 7.89. The van der Waals surface area contributed by atoms with Crippen LogP contribution in [0, 0.1) is 25.6 Å². The number of H-pyrrole nitrogens is 1. The molecule has 1 aliphatic heterocycles. The number of anilines is 3. The monoisotopic (exact) mass is 537 g/mol. The van der Waals surface area contributed by atoms with Gasteiger partial charge < -0.3 is 15.2 Å². The highest BCUT2D eigenvalue weighted by Gasteiger charge is 2.17. The standard InChI is InChI=1S/C34H36FN3O2/c1-22-14-16-38(17-15-22)29-11-7-27(8-12-29)32(39)19-25-4-9-28(10-5-25)37-31-13-6-26(18-30(31)35)20-33(40)34-23(2)21-36-24(34)3/h4-13,18,21-22,36-37H,14-17,19-20H2,1-3H3. The number of piperidine rings is 1. The zero-order valence-corrected chi connectivity index (χ0v) is 23.4. The molecule has 1 saturated heterocycles. The average Bonchev–Trinajstić information content (AvgIpc) is 3.29. The number of nitrogens with one attached hydrogen (secondary N) is 2. The number of nitrogens with zero attached hydrogens (tertiary/aromatic N) is 1. The second-order valence-corrected chi connectivity index (χ2v) is 11.0. The van der Waals surface area contributed by atoms with Crippen LogP contribution in [0.15, 0.2) is 72.9 Å². The Hall–Kier alpha value is -4.19. The fraction of sp³-hybridized carbons (Fsp3) is 0.294. The third-order valence-electron chi connectivity index (χ3n) is 7.89. The summed E-state index contributed by atoms with van der Waals surface area (Å²) >= 11 is 0. The molecule has 0 radical (unpaired) electrons. The third kappa shape index (κ3) is 6.33. The molecular formula is C34H36FN3O2. The first-order valence-electron chi connectivity index (χ1n) is 14.0.